The molecule has 1 atom stereocenters. The van der Waals surface area contributed by atoms with Crippen LogP contribution in [0.4, 0.5) is 0 Å². The van der Waals surface area contributed by atoms with Gasteiger partial charge in [-0.2, -0.15) is 0 Å². The van der Waals surface area contributed by atoms with Crippen molar-refractivity contribution in [2.24, 2.45) is 5.92 Å². The van der Waals surface area contributed by atoms with E-state index in [2.05, 4.69) is 76.0 Å². The quantitative estimate of drug-likeness (QED) is 0.462. The maximum Gasteiger partial charge on any atom is 0.00607 e. The molecule has 0 bridgehead atoms. The normalized spacial score (nSPS) is 15.2. The van der Waals surface area contributed by atoms with E-state index in [0.717, 1.165) is 6.42 Å². The van der Waals surface area contributed by atoms with Crippen LogP contribution in [-0.2, 0) is 0 Å². The molecule has 0 aromatic rings. The molecule has 0 aliphatic rings. The fourth-order valence-corrected chi connectivity index (χ4v) is 1.67. The van der Waals surface area contributed by atoms with E-state index in [-0.39, 0.29) is 7.43 Å². The highest BCUT2D eigenvalue weighted by molar-refractivity contribution is 5.37. The van der Waals surface area contributed by atoms with Crippen LogP contribution in [0.5, 0.6) is 0 Å². The Bertz CT molecular complexity index is 373. The first-order valence-electron chi connectivity index (χ1n) is 6.65. The predicted octanol–water partition coefficient (Wildman–Crippen LogP) is 6.42. The van der Waals surface area contributed by atoms with Gasteiger partial charge in [0.25, 0.3) is 0 Å². The fourth-order valence-electron chi connectivity index (χ4n) is 1.67. The third kappa shape index (κ3) is 8.20. The summed E-state index contributed by atoms with van der Waals surface area (Å²) in [5, 5.41) is 0. The largest absolute Gasteiger partial charge is 0.0991 e. The Balaban J connectivity index is 0. The molecule has 0 saturated heterocycles. The zero-order valence-corrected chi connectivity index (χ0v) is 12.2. The number of rotatable bonds is 7. The molecule has 106 valence electrons. The smallest absolute Gasteiger partial charge is 0.00607 e. The summed E-state index contributed by atoms with van der Waals surface area (Å²) in [5.74, 6) is 0.373. The van der Waals surface area contributed by atoms with Crippen LogP contribution >= 0.6 is 0 Å². The molecule has 0 N–H and O–H groups in total. The highest BCUT2D eigenvalue weighted by Gasteiger charge is 2.08. The SMILES string of the molecule is C.C=C/C=C(\C=C/CC)C(C)C(/C=C\C)=C/C=C\C. The van der Waals surface area contributed by atoms with E-state index in [1.165, 1.54) is 11.1 Å². The maximum atomic E-state index is 3.80. The third-order valence-corrected chi connectivity index (χ3v) is 2.70. The molecule has 1 unspecified atom stereocenters. The van der Waals surface area contributed by atoms with Crippen molar-refractivity contribution in [3.63, 3.8) is 0 Å². The second-order valence-electron chi connectivity index (χ2n) is 4.13. The van der Waals surface area contributed by atoms with E-state index < -0.39 is 0 Å². The van der Waals surface area contributed by atoms with Gasteiger partial charge in [0.2, 0.25) is 0 Å². The minimum atomic E-state index is 0. The minimum Gasteiger partial charge on any atom is -0.0991 e. The molecular weight excluding hydrogens is 228 g/mol. The van der Waals surface area contributed by atoms with Crippen LogP contribution in [0.25, 0.3) is 0 Å². The lowest BCUT2D eigenvalue weighted by molar-refractivity contribution is 0.846. The van der Waals surface area contributed by atoms with Gasteiger partial charge in [-0.05, 0) is 31.4 Å². The lowest BCUT2D eigenvalue weighted by Gasteiger charge is -2.14. The average molecular weight is 258 g/mol. The minimum absolute atomic E-state index is 0. The lowest BCUT2D eigenvalue weighted by atomic mass is 9.91. The van der Waals surface area contributed by atoms with Crippen LogP contribution in [0.1, 0.15) is 41.5 Å². The summed E-state index contributed by atoms with van der Waals surface area (Å²) < 4.78 is 0. The molecule has 0 aromatic heterocycles. The van der Waals surface area contributed by atoms with Crippen molar-refractivity contribution in [2.75, 3.05) is 0 Å². The monoisotopic (exact) mass is 258 g/mol. The second kappa shape index (κ2) is 12.9. The molecule has 19 heavy (non-hydrogen) atoms. The van der Waals surface area contributed by atoms with Gasteiger partial charge in [-0.1, -0.05) is 82.5 Å². The van der Waals surface area contributed by atoms with Crippen molar-refractivity contribution in [3.05, 3.63) is 72.4 Å². The highest BCUT2D eigenvalue weighted by atomic mass is 14.1. The van der Waals surface area contributed by atoms with Gasteiger partial charge in [0.1, 0.15) is 0 Å². The van der Waals surface area contributed by atoms with Crippen LogP contribution in [-0.4, -0.2) is 0 Å². The van der Waals surface area contributed by atoms with Gasteiger partial charge in [0, 0.05) is 5.92 Å². The molecule has 0 aromatic carbocycles. The van der Waals surface area contributed by atoms with E-state index in [1.807, 2.05) is 13.0 Å². The van der Waals surface area contributed by atoms with Gasteiger partial charge in [-0.25, -0.2) is 0 Å². The molecule has 0 aliphatic heterocycles. The van der Waals surface area contributed by atoms with Gasteiger partial charge in [-0.15, -0.1) is 0 Å². The summed E-state index contributed by atoms with van der Waals surface area (Å²) in [5.41, 5.74) is 2.60. The van der Waals surface area contributed by atoms with Crippen LogP contribution in [0.3, 0.4) is 0 Å². The Morgan fingerprint density at radius 2 is 1.68 bits per heavy atom. The first-order valence-corrected chi connectivity index (χ1v) is 6.65. The van der Waals surface area contributed by atoms with Crippen molar-refractivity contribution in [1.29, 1.82) is 0 Å². The first-order chi connectivity index (χ1) is 8.71. The van der Waals surface area contributed by atoms with Crippen molar-refractivity contribution in [2.45, 2.75) is 41.5 Å². The second-order valence-corrected chi connectivity index (χ2v) is 4.13. The van der Waals surface area contributed by atoms with E-state index in [9.17, 15) is 0 Å². The van der Waals surface area contributed by atoms with Crippen molar-refractivity contribution in [1.82, 2.24) is 0 Å². The van der Waals surface area contributed by atoms with Crippen molar-refractivity contribution in [3.8, 4) is 0 Å². The first kappa shape index (κ1) is 19.8. The zero-order chi connectivity index (χ0) is 13.8. The summed E-state index contributed by atoms with van der Waals surface area (Å²) in [7, 11) is 0. The predicted molar refractivity (Wildman–Crippen MR) is 91.3 cm³/mol. The molecule has 0 nitrogen and oxygen atoms in total. The summed E-state index contributed by atoms with van der Waals surface area (Å²) in [4.78, 5) is 0. The van der Waals surface area contributed by atoms with Gasteiger partial charge in [-0.3, -0.25) is 0 Å². The zero-order valence-electron chi connectivity index (χ0n) is 12.2. The van der Waals surface area contributed by atoms with Crippen LogP contribution in [0.2, 0.25) is 0 Å². The standard InChI is InChI=1S/C18H26.CH4/c1-6-10-14-17(12-8-3)16(5)18(13-9-4)15-11-7-2;/h7-16H,3,6H2,1-2,4-5H3;1H4/b11-7-,13-9-,14-10-,17-12+,18-15+;. The van der Waals surface area contributed by atoms with Crippen LogP contribution in [0, 0.1) is 5.92 Å². The molecule has 0 saturated carbocycles. The van der Waals surface area contributed by atoms with Crippen molar-refractivity contribution < 1.29 is 0 Å². The van der Waals surface area contributed by atoms with Gasteiger partial charge >= 0.3 is 0 Å². The topological polar surface area (TPSA) is 0 Å². The summed E-state index contributed by atoms with van der Waals surface area (Å²) in [6.45, 7) is 12.3. The van der Waals surface area contributed by atoms with Gasteiger partial charge in [0.05, 0.1) is 0 Å². The van der Waals surface area contributed by atoms with Gasteiger partial charge in [0.15, 0.2) is 0 Å². The molecule has 0 fully saturated rings. The van der Waals surface area contributed by atoms with E-state index in [1.54, 1.807) is 0 Å². The molecule has 0 heteroatoms. The Kier molecular flexibility index (Phi) is 13.4. The Morgan fingerprint density at radius 3 is 2.16 bits per heavy atom. The lowest BCUT2D eigenvalue weighted by Crippen LogP contribution is -2.00. The highest BCUT2D eigenvalue weighted by Crippen LogP contribution is 2.23. The summed E-state index contributed by atoms with van der Waals surface area (Å²) >= 11 is 0. The molecule has 0 spiro atoms. The van der Waals surface area contributed by atoms with Crippen LogP contribution < -0.4 is 0 Å². The van der Waals surface area contributed by atoms with E-state index in [4.69, 9.17) is 0 Å². The molecule has 0 radical (unpaired) electrons. The fraction of sp³-hybridized carbons (Fsp3) is 0.368. The Hall–Kier alpha value is -1.56. The van der Waals surface area contributed by atoms with E-state index in [0.29, 0.717) is 5.92 Å². The molecule has 0 rings (SSSR count). The molecular formula is C19H30. The summed E-state index contributed by atoms with van der Waals surface area (Å²) in [6.07, 6.45) is 19.9. The maximum absolute atomic E-state index is 3.80. The number of hydrogen-bond acceptors (Lipinski definition) is 0. The number of hydrogen-bond donors (Lipinski definition) is 0. The Morgan fingerprint density at radius 1 is 1.05 bits per heavy atom. The van der Waals surface area contributed by atoms with Crippen LogP contribution in [0.15, 0.2) is 72.4 Å². The molecule has 0 aliphatic carbocycles. The third-order valence-electron chi connectivity index (χ3n) is 2.70. The number of allylic oxidation sites excluding steroid dienone is 11. The molecule has 0 heterocycles. The average Bonchev–Trinajstić information content (AvgIpc) is 2.38. The van der Waals surface area contributed by atoms with Crippen molar-refractivity contribution >= 4 is 0 Å². The molecule has 0 amide bonds. The van der Waals surface area contributed by atoms with Gasteiger partial charge < -0.3 is 0 Å². The van der Waals surface area contributed by atoms with E-state index >= 15 is 0 Å². The Labute approximate surface area is 120 Å². The summed E-state index contributed by atoms with van der Waals surface area (Å²) in [6, 6.07) is 0.